The summed E-state index contributed by atoms with van der Waals surface area (Å²) < 4.78 is 3.07. The lowest BCUT2D eigenvalue weighted by atomic mass is 9.90. The Morgan fingerprint density at radius 1 is 1.31 bits per heavy atom. The van der Waals surface area contributed by atoms with Gasteiger partial charge in [-0.2, -0.15) is 5.10 Å². The maximum atomic E-state index is 13.2. The van der Waals surface area contributed by atoms with Crippen LogP contribution in [0.5, 0.6) is 0 Å². The third-order valence-electron chi connectivity index (χ3n) is 4.90. The highest BCUT2D eigenvalue weighted by Gasteiger charge is 2.31. The fourth-order valence-electron chi connectivity index (χ4n) is 3.22. The summed E-state index contributed by atoms with van der Waals surface area (Å²) in [6, 6.07) is 7.62. The van der Waals surface area contributed by atoms with Crippen LogP contribution in [0.2, 0.25) is 0 Å². The highest BCUT2D eigenvalue weighted by molar-refractivity contribution is 7.17. The number of amides is 2. The molecule has 4 rings (SSSR count). The molecule has 1 aliphatic heterocycles. The van der Waals surface area contributed by atoms with E-state index in [1.807, 2.05) is 34.2 Å². The van der Waals surface area contributed by atoms with Gasteiger partial charge in [-0.3, -0.25) is 14.6 Å². The van der Waals surface area contributed by atoms with Gasteiger partial charge < -0.3 is 9.88 Å². The number of carbonyl (C=O) groups excluding carboxylic acids is 2. The number of hydrogen-bond donors (Lipinski definition) is 1. The lowest BCUT2D eigenvalue weighted by Gasteiger charge is -2.23. The Balaban J connectivity index is 1.60. The Labute approximate surface area is 173 Å². The molecule has 150 valence electrons. The maximum Gasteiger partial charge on any atom is 0.291 e. The Kier molecular flexibility index (Phi) is 4.96. The number of nitrogens with zero attached hydrogens (tertiary/aromatic N) is 4. The number of pyridine rings is 1. The Morgan fingerprint density at radius 2 is 2.14 bits per heavy atom. The smallest absolute Gasteiger partial charge is 0.291 e. The number of aromatic nitrogens is 2. The Bertz CT molecular complexity index is 1090. The van der Waals surface area contributed by atoms with Crippen LogP contribution in [0.25, 0.3) is 10.2 Å². The maximum absolute atomic E-state index is 13.2. The molecule has 0 bridgehead atoms. The number of hydrazone groups is 1. The first kappa shape index (κ1) is 19.3. The molecule has 2 amide bonds. The number of thiophene rings is 1. The van der Waals surface area contributed by atoms with E-state index in [0.717, 1.165) is 21.5 Å². The van der Waals surface area contributed by atoms with Gasteiger partial charge in [0.2, 0.25) is 5.91 Å². The standard InChI is InChI=1S/C21H23N5O2S/c1-21(2,3)18-12-25-15-6-8-29-17(15)9-16(25)20(28)26(24-18)13-19(27)23-11-14-5-4-7-22-10-14/h4-10H,11-13H2,1-3H3,(H,23,27). The van der Waals surface area contributed by atoms with Crippen LogP contribution in [0.15, 0.2) is 47.1 Å². The summed E-state index contributed by atoms with van der Waals surface area (Å²) in [5, 5.41) is 10.8. The van der Waals surface area contributed by atoms with Gasteiger partial charge in [0, 0.05) is 24.4 Å². The van der Waals surface area contributed by atoms with Gasteiger partial charge in [0.05, 0.1) is 22.5 Å². The second-order valence-electron chi connectivity index (χ2n) is 8.08. The van der Waals surface area contributed by atoms with Crippen LogP contribution in [0.4, 0.5) is 0 Å². The first-order valence-electron chi connectivity index (χ1n) is 9.45. The van der Waals surface area contributed by atoms with E-state index >= 15 is 0 Å². The highest BCUT2D eigenvalue weighted by Crippen LogP contribution is 2.30. The predicted molar refractivity (Wildman–Crippen MR) is 114 cm³/mol. The Morgan fingerprint density at radius 3 is 2.86 bits per heavy atom. The highest BCUT2D eigenvalue weighted by atomic mass is 32.1. The summed E-state index contributed by atoms with van der Waals surface area (Å²) in [6.45, 7) is 6.95. The van der Waals surface area contributed by atoms with Gasteiger partial charge in [-0.15, -0.1) is 11.3 Å². The summed E-state index contributed by atoms with van der Waals surface area (Å²) in [5.74, 6) is -0.523. The van der Waals surface area contributed by atoms with Gasteiger partial charge in [0.1, 0.15) is 12.2 Å². The molecule has 3 aromatic heterocycles. The number of nitrogens with one attached hydrogen (secondary N) is 1. The molecule has 0 spiro atoms. The second-order valence-corrected chi connectivity index (χ2v) is 9.03. The summed E-state index contributed by atoms with van der Waals surface area (Å²) in [5.41, 5.74) is 3.11. The van der Waals surface area contributed by atoms with Crippen molar-refractivity contribution in [3.05, 3.63) is 53.3 Å². The average molecular weight is 410 g/mol. The SMILES string of the molecule is CC(C)(C)C1=NN(CC(=O)NCc2cccnc2)C(=O)c2cc3sccc3n2C1. The fourth-order valence-corrected chi connectivity index (χ4v) is 4.04. The van der Waals surface area contributed by atoms with E-state index < -0.39 is 0 Å². The molecule has 0 radical (unpaired) electrons. The van der Waals surface area contributed by atoms with E-state index in [4.69, 9.17) is 0 Å². The van der Waals surface area contributed by atoms with Crippen LogP contribution in [-0.2, 0) is 17.9 Å². The molecule has 0 saturated heterocycles. The van der Waals surface area contributed by atoms with Crippen molar-refractivity contribution in [2.45, 2.75) is 33.9 Å². The monoisotopic (exact) mass is 409 g/mol. The van der Waals surface area contributed by atoms with Gasteiger partial charge >= 0.3 is 0 Å². The van der Waals surface area contributed by atoms with E-state index in [2.05, 4.69) is 36.2 Å². The quantitative estimate of drug-likeness (QED) is 0.718. The molecule has 3 aromatic rings. The van der Waals surface area contributed by atoms with Crippen molar-refractivity contribution in [1.29, 1.82) is 0 Å². The van der Waals surface area contributed by atoms with Crippen molar-refractivity contribution in [3.63, 3.8) is 0 Å². The van der Waals surface area contributed by atoms with Crippen molar-refractivity contribution < 1.29 is 9.59 Å². The van der Waals surface area contributed by atoms with Crippen LogP contribution in [0.1, 0.15) is 36.8 Å². The van der Waals surface area contributed by atoms with Gasteiger partial charge in [0.15, 0.2) is 0 Å². The zero-order valence-corrected chi connectivity index (χ0v) is 17.5. The third-order valence-corrected chi connectivity index (χ3v) is 5.75. The van der Waals surface area contributed by atoms with Crippen LogP contribution in [-0.4, -0.2) is 38.6 Å². The number of hydrogen-bond acceptors (Lipinski definition) is 5. The molecule has 8 heteroatoms. The summed E-state index contributed by atoms with van der Waals surface area (Å²) in [7, 11) is 0. The Hall–Kier alpha value is -3.00. The molecular weight excluding hydrogens is 386 g/mol. The number of fused-ring (bicyclic) bond motifs is 3. The average Bonchev–Trinajstić information content (AvgIpc) is 3.23. The summed E-state index contributed by atoms with van der Waals surface area (Å²) in [4.78, 5) is 29.8. The molecule has 0 aromatic carbocycles. The van der Waals surface area contributed by atoms with Gasteiger partial charge in [0.25, 0.3) is 5.91 Å². The molecule has 0 unspecified atom stereocenters. The van der Waals surface area contributed by atoms with E-state index in [9.17, 15) is 9.59 Å². The zero-order chi connectivity index (χ0) is 20.6. The number of carbonyl (C=O) groups is 2. The van der Waals surface area contributed by atoms with E-state index in [-0.39, 0.29) is 23.8 Å². The molecule has 0 saturated carbocycles. The van der Waals surface area contributed by atoms with Gasteiger partial charge in [-0.05, 0) is 29.1 Å². The largest absolute Gasteiger partial charge is 0.350 e. The fraction of sp³-hybridized carbons (Fsp3) is 0.333. The third kappa shape index (κ3) is 3.93. The van der Waals surface area contributed by atoms with E-state index in [0.29, 0.717) is 18.8 Å². The van der Waals surface area contributed by atoms with E-state index in [1.54, 1.807) is 23.7 Å². The van der Waals surface area contributed by atoms with Crippen molar-refractivity contribution in [3.8, 4) is 0 Å². The first-order valence-corrected chi connectivity index (χ1v) is 10.3. The molecule has 1 aliphatic rings. The van der Waals surface area contributed by atoms with Gasteiger partial charge in [-0.25, -0.2) is 5.01 Å². The van der Waals surface area contributed by atoms with Crippen LogP contribution >= 0.6 is 11.3 Å². The predicted octanol–water partition coefficient (Wildman–Crippen LogP) is 3.27. The van der Waals surface area contributed by atoms with Gasteiger partial charge in [-0.1, -0.05) is 26.8 Å². The molecule has 0 atom stereocenters. The first-order chi connectivity index (χ1) is 13.8. The minimum absolute atomic E-state index is 0.127. The normalized spacial score (nSPS) is 14.5. The van der Waals surface area contributed by atoms with Crippen LogP contribution < -0.4 is 5.32 Å². The minimum Gasteiger partial charge on any atom is -0.350 e. The molecule has 1 N–H and O–H groups in total. The second kappa shape index (κ2) is 7.44. The minimum atomic E-state index is -0.263. The summed E-state index contributed by atoms with van der Waals surface area (Å²) in [6.07, 6.45) is 3.39. The van der Waals surface area contributed by atoms with Crippen molar-refractivity contribution >= 4 is 39.1 Å². The zero-order valence-electron chi connectivity index (χ0n) is 16.7. The number of rotatable bonds is 4. The van der Waals surface area contributed by atoms with Crippen molar-refractivity contribution in [2.24, 2.45) is 10.5 Å². The molecule has 4 heterocycles. The molecular formula is C21H23N5O2S. The van der Waals surface area contributed by atoms with Crippen molar-refractivity contribution in [1.82, 2.24) is 19.9 Å². The summed E-state index contributed by atoms with van der Waals surface area (Å²) >= 11 is 1.60. The van der Waals surface area contributed by atoms with Crippen LogP contribution in [0.3, 0.4) is 0 Å². The lowest BCUT2D eigenvalue weighted by Crippen LogP contribution is -2.38. The molecule has 7 nitrogen and oxygen atoms in total. The molecule has 29 heavy (non-hydrogen) atoms. The lowest BCUT2D eigenvalue weighted by molar-refractivity contribution is -0.122. The molecule has 0 aliphatic carbocycles. The van der Waals surface area contributed by atoms with Crippen molar-refractivity contribution in [2.75, 3.05) is 6.54 Å². The van der Waals surface area contributed by atoms with E-state index in [1.165, 1.54) is 5.01 Å². The topological polar surface area (TPSA) is 79.6 Å². The molecule has 0 fully saturated rings. The van der Waals surface area contributed by atoms with Crippen LogP contribution in [0, 0.1) is 5.41 Å².